The van der Waals surface area contributed by atoms with E-state index in [1.54, 1.807) is 37.3 Å². The Bertz CT molecular complexity index is 1690. The number of hydrogen-bond donors (Lipinski definition) is 1. The highest BCUT2D eigenvalue weighted by molar-refractivity contribution is 9.10. The van der Waals surface area contributed by atoms with Crippen molar-refractivity contribution < 1.29 is 24.0 Å². The van der Waals surface area contributed by atoms with Gasteiger partial charge >= 0.3 is 11.7 Å². The molecule has 0 radical (unpaired) electrons. The van der Waals surface area contributed by atoms with Crippen LogP contribution in [0.2, 0.25) is 0 Å². The molecular weight excluding hydrogens is 634 g/mol. The van der Waals surface area contributed by atoms with Gasteiger partial charge in [0.05, 0.1) is 27.1 Å². The molecule has 0 saturated carbocycles. The second-order valence-corrected chi connectivity index (χ2v) is 11.7. The minimum absolute atomic E-state index is 0.0522. The van der Waals surface area contributed by atoms with Gasteiger partial charge in [0.15, 0.2) is 0 Å². The van der Waals surface area contributed by atoms with E-state index in [0.29, 0.717) is 31.9 Å². The maximum atomic E-state index is 13.4. The van der Waals surface area contributed by atoms with Crippen molar-refractivity contribution in [2.45, 2.75) is 39.2 Å². The van der Waals surface area contributed by atoms with Crippen LogP contribution < -0.4 is 10.1 Å². The molecule has 0 saturated heterocycles. The molecule has 1 amide bonds. The number of anilines is 1. The Morgan fingerprint density at radius 1 is 1.09 bits per heavy atom. The molecule has 220 valence electrons. The summed E-state index contributed by atoms with van der Waals surface area (Å²) < 4.78 is 11.2. The van der Waals surface area contributed by atoms with E-state index in [1.807, 2.05) is 30.3 Å². The van der Waals surface area contributed by atoms with Crippen molar-refractivity contribution in [2.24, 2.45) is 4.99 Å². The van der Waals surface area contributed by atoms with Gasteiger partial charge in [-0.15, -0.1) is 11.3 Å². The zero-order valence-electron chi connectivity index (χ0n) is 23.3. The van der Waals surface area contributed by atoms with Crippen molar-refractivity contribution >= 4 is 61.7 Å². The predicted molar refractivity (Wildman–Crippen MR) is 170 cm³/mol. The van der Waals surface area contributed by atoms with Crippen LogP contribution in [0.25, 0.3) is 0 Å². The highest BCUT2D eigenvalue weighted by atomic mass is 79.9. The van der Waals surface area contributed by atoms with Crippen molar-refractivity contribution in [3.8, 4) is 5.75 Å². The number of amides is 1. The number of aryl methyl sites for hydroxylation is 1. The Morgan fingerprint density at radius 2 is 1.84 bits per heavy atom. The van der Waals surface area contributed by atoms with E-state index < -0.39 is 10.9 Å². The van der Waals surface area contributed by atoms with E-state index >= 15 is 0 Å². The van der Waals surface area contributed by atoms with E-state index in [9.17, 15) is 19.7 Å². The average molecular weight is 663 g/mol. The molecule has 5 rings (SSSR count). The standard InChI is InChI=1S/C32H28BrN3O6S/c1-2-41-32(38)22-14-12-20(13-15-22)19-42-29-25(33)16-21(17-26(29)36(39)40)18-34-31-28(24-10-6-7-11-27(24)43-31)30(37)35-23-8-4-3-5-9-23/h3-5,8-9,12-18H,2,6-7,10-11,19H2,1H3,(H,35,37). The van der Waals surface area contributed by atoms with Crippen LogP contribution in [-0.4, -0.2) is 29.6 Å². The topological polar surface area (TPSA) is 120 Å². The first-order chi connectivity index (χ1) is 20.8. The van der Waals surface area contributed by atoms with Gasteiger partial charge < -0.3 is 14.8 Å². The fraction of sp³-hybridized carbons (Fsp3) is 0.219. The number of esters is 1. The van der Waals surface area contributed by atoms with Crippen molar-refractivity contribution in [1.29, 1.82) is 0 Å². The molecule has 0 atom stereocenters. The smallest absolute Gasteiger partial charge is 0.338 e. The number of halogens is 1. The molecule has 1 N–H and O–H groups in total. The molecule has 11 heteroatoms. The number of nitro groups is 1. The van der Waals surface area contributed by atoms with Crippen LogP contribution >= 0.6 is 27.3 Å². The third-order valence-electron chi connectivity index (χ3n) is 6.83. The van der Waals surface area contributed by atoms with E-state index in [2.05, 4.69) is 26.2 Å². The Balaban J connectivity index is 1.38. The number of thiophene rings is 1. The summed E-state index contributed by atoms with van der Waals surface area (Å²) in [6, 6.07) is 19.0. The minimum Gasteiger partial charge on any atom is -0.481 e. The number of nitro benzene ring substituents is 1. The molecule has 1 aliphatic rings. The fourth-order valence-corrected chi connectivity index (χ4v) is 6.60. The van der Waals surface area contributed by atoms with E-state index in [4.69, 9.17) is 9.47 Å². The maximum absolute atomic E-state index is 13.4. The number of carbonyl (C=O) groups excluding carboxylic acids is 2. The van der Waals surface area contributed by atoms with Crippen LogP contribution in [0.4, 0.5) is 16.4 Å². The van der Waals surface area contributed by atoms with Crippen LogP contribution in [0.5, 0.6) is 5.75 Å². The quantitative estimate of drug-likeness (QED) is 0.0794. The third-order valence-corrected chi connectivity index (χ3v) is 8.62. The van der Waals surface area contributed by atoms with Crippen molar-refractivity contribution in [1.82, 2.24) is 0 Å². The van der Waals surface area contributed by atoms with Crippen LogP contribution in [0.15, 0.2) is 76.2 Å². The van der Waals surface area contributed by atoms with Gasteiger partial charge in [-0.3, -0.25) is 14.9 Å². The van der Waals surface area contributed by atoms with E-state index in [0.717, 1.165) is 41.7 Å². The maximum Gasteiger partial charge on any atom is 0.338 e. The first-order valence-electron chi connectivity index (χ1n) is 13.8. The molecule has 3 aromatic carbocycles. The summed E-state index contributed by atoms with van der Waals surface area (Å²) >= 11 is 4.91. The second-order valence-electron chi connectivity index (χ2n) is 9.78. The van der Waals surface area contributed by atoms with Gasteiger partial charge in [0.2, 0.25) is 5.75 Å². The van der Waals surface area contributed by atoms with Crippen LogP contribution in [0, 0.1) is 10.1 Å². The molecule has 1 aliphatic carbocycles. The van der Waals surface area contributed by atoms with E-state index in [-0.39, 0.29) is 30.6 Å². The summed E-state index contributed by atoms with van der Waals surface area (Å²) in [4.78, 5) is 42.6. The number of hydrogen-bond acceptors (Lipinski definition) is 8. The highest BCUT2D eigenvalue weighted by Gasteiger charge is 2.26. The summed E-state index contributed by atoms with van der Waals surface area (Å²) in [5.41, 5.74) is 3.67. The molecule has 0 bridgehead atoms. The summed E-state index contributed by atoms with van der Waals surface area (Å²) in [5.74, 6) is -0.563. The number of ether oxygens (including phenoxy) is 2. The summed E-state index contributed by atoms with van der Waals surface area (Å²) in [7, 11) is 0. The monoisotopic (exact) mass is 661 g/mol. The SMILES string of the molecule is CCOC(=O)c1ccc(COc2c(Br)cc(C=Nc3sc4c(c3C(=O)Nc3ccccc3)CCCC4)cc2[N+](=O)[O-])cc1. The van der Waals surface area contributed by atoms with Gasteiger partial charge in [0, 0.05) is 28.4 Å². The lowest BCUT2D eigenvalue weighted by atomic mass is 9.95. The molecular formula is C32H28BrN3O6S. The number of nitrogens with one attached hydrogen (secondary N) is 1. The van der Waals surface area contributed by atoms with Gasteiger partial charge in [0.25, 0.3) is 5.91 Å². The minimum atomic E-state index is -0.510. The van der Waals surface area contributed by atoms with Gasteiger partial charge in [-0.25, -0.2) is 9.79 Å². The van der Waals surface area contributed by atoms with E-state index in [1.165, 1.54) is 23.6 Å². The second kappa shape index (κ2) is 13.7. The molecule has 1 aromatic heterocycles. The summed E-state index contributed by atoms with van der Waals surface area (Å²) in [5, 5.41) is 15.5. The number of nitrogens with zero attached hydrogens (tertiary/aromatic N) is 2. The Kier molecular flexibility index (Phi) is 9.63. The van der Waals surface area contributed by atoms with Crippen LogP contribution in [-0.2, 0) is 24.2 Å². The number of benzene rings is 3. The van der Waals surface area contributed by atoms with Crippen molar-refractivity contribution in [3.63, 3.8) is 0 Å². The van der Waals surface area contributed by atoms with Crippen molar-refractivity contribution in [3.05, 3.63) is 114 Å². The van der Waals surface area contributed by atoms with Gasteiger partial charge in [-0.2, -0.15) is 0 Å². The molecule has 0 unspecified atom stereocenters. The zero-order valence-corrected chi connectivity index (χ0v) is 25.7. The Hall–Kier alpha value is -4.35. The zero-order chi connectivity index (χ0) is 30.3. The largest absolute Gasteiger partial charge is 0.481 e. The van der Waals surface area contributed by atoms with Gasteiger partial charge in [-0.05, 0) is 90.0 Å². The number of fused-ring (bicyclic) bond motifs is 1. The number of aliphatic imine (C=N–C) groups is 1. The molecule has 4 aromatic rings. The predicted octanol–water partition coefficient (Wildman–Crippen LogP) is 8.06. The lowest BCUT2D eigenvalue weighted by Gasteiger charge is -2.12. The molecule has 0 fully saturated rings. The normalized spacial score (nSPS) is 12.5. The third kappa shape index (κ3) is 7.18. The molecule has 9 nitrogen and oxygen atoms in total. The summed E-state index contributed by atoms with van der Waals surface area (Å²) in [6.07, 6.45) is 5.32. The molecule has 0 spiro atoms. The van der Waals surface area contributed by atoms with Gasteiger partial charge in [0.1, 0.15) is 11.6 Å². The van der Waals surface area contributed by atoms with Crippen LogP contribution in [0.1, 0.15) is 62.0 Å². The number of rotatable bonds is 10. The molecule has 43 heavy (non-hydrogen) atoms. The average Bonchev–Trinajstić information content (AvgIpc) is 3.38. The first-order valence-corrected chi connectivity index (χ1v) is 15.4. The van der Waals surface area contributed by atoms with Crippen LogP contribution in [0.3, 0.4) is 0 Å². The van der Waals surface area contributed by atoms with Gasteiger partial charge in [-0.1, -0.05) is 30.3 Å². The molecule has 0 aliphatic heterocycles. The molecule has 1 heterocycles. The number of carbonyl (C=O) groups is 2. The Labute approximate surface area is 260 Å². The lowest BCUT2D eigenvalue weighted by Crippen LogP contribution is -2.14. The fourth-order valence-electron chi connectivity index (χ4n) is 4.78. The summed E-state index contributed by atoms with van der Waals surface area (Å²) in [6.45, 7) is 2.07. The first kappa shape index (κ1) is 30.1. The van der Waals surface area contributed by atoms with Crippen molar-refractivity contribution in [2.75, 3.05) is 11.9 Å². The number of para-hydroxylation sites is 1. The lowest BCUT2D eigenvalue weighted by molar-refractivity contribution is -0.386. The Morgan fingerprint density at radius 3 is 2.56 bits per heavy atom. The highest BCUT2D eigenvalue weighted by Crippen LogP contribution is 2.41.